The summed E-state index contributed by atoms with van der Waals surface area (Å²) in [6, 6.07) is 2.45. The predicted molar refractivity (Wildman–Crippen MR) is 51.9 cm³/mol. The number of rotatable bonds is 0. The first-order chi connectivity index (χ1) is 5.75. The number of hydrogen-bond donors (Lipinski definition) is 1. The maximum absolute atomic E-state index is 5.86. The molecule has 0 aromatic carbocycles. The first kappa shape index (κ1) is 8.20. The predicted octanol–water partition coefficient (Wildman–Crippen LogP) is 1.66. The van der Waals surface area contributed by atoms with Crippen LogP contribution in [0.4, 0.5) is 0 Å². The summed E-state index contributed by atoms with van der Waals surface area (Å²) in [7, 11) is 0. The number of nitrogens with zero attached hydrogens (tertiary/aromatic N) is 1. The van der Waals surface area contributed by atoms with Crippen LogP contribution < -0.4 is 5.73 Å². The van der Waals surface area contributed by atoms with E-state index in [1.54, 1.807) is 0 Å². The summed E-state index contributed by atoms with van der Waals surface area (Å²) in [6.07, 6.45) is 4.93. The van der Waals surface area contributed by atoms with Crippen molar-refractivity contribution < 1.29 is 0 Å². The van der Waals surface area contributed by atoms with Gasteiger partial charge in [-0.25, -0.2) is 0 Å². The lowest BCUT2D eigenvalue weighted by Crippen LogP contribution is -2.28. The van der Waals surface area contributed by atoms with Crippen molar-refractivity contribution in [3.8, 4) is 0 Å². The second kappa shape index (κ2) is 3.15. The molecular formula is C9H11BrN2. The summed E-state index contributed by atoms with van der Waals surface area (Å²) in [5.41, 5.74) is 8.39. The summed E-state index contributed by atoms with van der Waals surface area (Å²) in [4.78, 5) is 4.35. The highest BCUT2D eigenvalue weighted by Gasteiger charge is 2.15. The van der Waals surface area contributed by atoms with Crippen LogP contribution in [-0.4, -0.2) is 11.0 Å². The smallest absolute Gasteiger partial charge is 0.0437 e. The Morgan fingerprint density at radius 2 is 2.42 bits per heavy atom. The Balaban J connectivity index is 2.37. The van der Waals surface area contributed by atoms with Crippen LogP contribution >= 0.6 is 15.9 Å². The summed E-state index contributed by atoms with van der Waals surface area (Å²) in [5.74, 6) is 0. The molecule has 2 nitrogen and oxygen atoms in total. The topological polar surface area (TPSA) is 38.9 Å². The second-order valence-corrected chi connectivity index (χ2v) is 4.18. The van der Waals surface area contributed by atoms with Crippen LogP contribution in [0.1, 0.15) is 17.7 Å². The van der Waals surface area contributed by atoms with E-state index < -0.39 is 0 Å². The molecule has 1 aromatic heterocycles. The van der Waals surface area contributed by atoms with Gasteiger partial charge in [0.2, 0.25) is 0 Å². The molecule has 0 aliphatic heterocycles. The van der Waals surface area contributed by atoms with Crippen molar-refractivity contribution in [1.82, 2.24) is 4.98 Å². The Morgan fingerprint density at radius 1 is 1.58 bits per heavy atom. The van der Waals surface area contributed by atoms with Gasteiger partial charge in [-0.15, -0.1) is 0 Å². The molecule has 0 radical (unpaired) electrons. The van der Waals surface area contributed by atoms with Gasteiger partial charge in [0.05, 0.1) is 0 Å². The van der Waals surface area contributed by atoms with Gasteiger partial charge in [-0.2, -0.15) is 0 Å². The molecular weight excluding hydrogens is 216 g/mol. The lowest BCUT2D eigenvalue weighted by Gasteiger charge is -2.20. The van der Waals surface area contributed by atoms with Gasteiger partial charge in [0.1, 0.15) is 0 Å². The van der Waals surface area contributed by atoms with E-state index in [1.807, 2.05) is 6.20 Å². The molecule has 1 aliphatic carbocycles. The second-order valence-electron chi connectivity index (χ2n) is 3.26. The minimum atomic E-state index is 0.327. The van der Waals surface area contributed by atoms with Gasteiger partial charge in [-0.05, 0) is 46.8 Å². The fourth-order valence-electron chi connectivity index (χ4n) is 1.62. The molecule has 12 heavy (non-hydrogen) atoms. The molecule has 0 amide bonds. The Kier molecular flexibility index (Phi) is 2.15. The molecule has 1 aromatic rings. The molecule has 0 fully saturated rings. The third-order valence-electron chi connectivity index (χ3n) is 2.26. The van der Waals surface area contributed by atoms with Gasteiger partial charge in [-0.3, -0.25) is 4.98 Å². The van der Waals surface area contributed by atoms with E-state index in [9.17, 15) is 0 Å². The minimum absolute atomic E-state index is 0.327. The molecule has 0 saturated heterocycles. The zero-order chi connectivity index (χ0) is 8.55. The zero-order valence-corrected chi connectivity index (χ0v) is 8.34. The van der Waals surface area contributed by atoms with Gasteiger partial charge < -0.3 is 5.73 Å². The standard InChI is InChI=1S/C9H11BrN2/c10-7-3-6-4-8(11)1-2-9(6)12-5-7/h3,5,8H,1-2,4,11H2. The molecule has 1 aliphatic rings. The zero-order valence-electron chi connectivity index (χ0n) is 6.76. The molecule has 3 heteroatoms. The van der Waals surface area contributed by atoms with Gasteiger partial charge in [0.15, 0.2) is 0 Å². The average molecular weight is 227 g/mol. The number of aryl methyl sites for hydroxylation is 1. The highest BCUT2D eigenvalue weighted by molar-refractivity contribution is 9.10. The van der Waals surface area contributed by atoms with Crippen LogP contribution in [-0.2, 0) is 12.8 Å². The van der Waals surface area contributed by atoms with E-state index in [0.29, 0.717) is 6.04 Å². The van der Waals surface area contributed by atoms with E-state index in [4.69, 9.17) is 5.73 Å². The van der Waals surface area contributed by atoms with E-state index in [0.717, 1.165) is 23.7 Å². The maximum atomic E-state index is 5.86. The number of halogens is 1. The monoisotopic (exact) mass is 226 g/mol. The number of nitrogens with two attached hydrogens (primary N) is 1. The third-order valence-corrected chi connectivity index (χ3v) is 2.69. The Morgan fingerprint density at radius 3 is 3.25 bits per heavy atom. The van der Waals surface area contributed by atoms with Crippen LogP contribution in [0.15, 0.2) is 16.7 Å². The molecule has 0 spiro atoms. The van der Waals surface area contributed by atoms with Gasteiger partial charge in [0.25, 0.3) is 0 Å². The summed E-state index contributed by atoms with van der Waals surface area (Å²) in [6.45, 7) is 0. The Hall–Kier alpha value is -0.410. The van der Waals surface area contributed by atoms with E-state index in [1.165, 1.54) is 11.3 Å². The molecule has 64 valence electrons. The fraction of sp³-hybridized carbons (Fsp3) is 0.444. The summed E-state index contributed by atoms with van der Waals surface area (Å²) in [5, 5.41) is 0. The molecule has 1 unspecified atom stereocenters. The largest absolute Gasteiger partial charge is 0.327 e. The van der Waals surface area contributed by atoms with Crippen LogP contribution in [0.25, 0.3) is 0 Å². The van der Waals surface area contributed by atoms with Crippen molar-refractivity contribution in [2.24, 2.45) is 5.73 Å². The van der Waals surface area contributed by atoms with Gasteiger partial charge in [0, 0.05) is 22.4 Å². The molecule has 2 N–H and O–H groups in total. The van der Waals surface area contributed by atoms with Crippen molar-refractivity contribution in [2.45, 2.75) is 25.3 Å². The Labute approximate surface area is 80.3 Å². The first-order valence-electron chi connectivity index (χ1n) is 4.14. The molecule has 0 bridgehead atoms. The molecule has 1 atom stereocenters. The average Bonchev–Trinajstić information content (AvgIpc) is 2.03. The van der Waals surface area contributed by atoms with Crippen molar-refractivity contribution in [1.29, 1.82) is 0 Å². The summed E-state index contributed by atoms with van der Waals surface area (Å²) >= 11 is 3.41. The van der Waals surface area contributed by atoms with E-state index in [-0.39, 0.29) is 0 Å². The van der Waals surface area contributed by atoms with Crippen LogP contribution in [0.2, 0.25) is 0 Å². The minimum Gasteiger partial charge on any atom is -0.327 e. The molecule has 2 rings (SSSR count). The van der Waals surface area contributed by atoms with Crippen molar-refractivity contribution >= 4 is 15.9 Å². The summed E-state index contributed by atoms with van der Waals surface area (Å²) < 4.78 is 1.05. The normalized spacial score (nSPS) is 22.0. The molecule has 0 saturated carbocycles. The van der Waals surface area contributed by atoms with Crippen molar-refractivity contribution in [3.05, 3.63) is 28.0 Å². The maximum Gasteiger partial charge on any atom is 0.0437 e. The number of aromatic nitrogens is 1. The van der Waals surface area contributed by atoms with Crippen LogP contribution in [0.3, 0.4) is 0 Å². The number of fused-ring (bicyclic) bond motifs is 1. The van der Waals surface area contributed by atoms with E-state index in [2.05, 4.69) is 27.0 Å². The van der Waals surface area contributed by atoms with E-state index >= 15 is 0 Å². The van der Waals surface area contributed by atoms with Crippen LogP contribution in [0, 0.1) is 0 Å². The lowest BCUT2D eigenvalue weighted by molar-refractivity contribution is 0.566. The van der Waals surface area contributed by atoms with Crippen molar-refractivity contribution in [3.63, 3.8) is 0 Å². The van der Waals surface area contributed by atoms with Gasteiger partial charge in [-0.1, -0.05) is 0 Å². The van der Waals surface area contributed by atoms with Gasteiger partial charge >= 0.3 is 0 Å². The number of pyridine rings is 1. The molecule has 1 heterocycles. The first-order valence-corrected chi connectivity index (χ1v) is 4.94. The highest BCUT2D eigenvalue weighted by Crippen LogP contribution is 2.21. The fourth-order valence-corrected chi connectivity index (χ4v) is 2.00. The SMILES string of the molecule is NC1CCc2ncc(Br)cc2C1. The van der Waals surface area contributed by atoms with Crippen LogP contribution in [0.5, 0.6) is 0 Å². The number of hydrogen-bond acceptors (Lipinski definition) is 2. The highest BCUT2D eigenvalue weighted by atomic mass is 79.9. The Bertz CT molecular complexity index is 299. The lowest BCUT2D eigenvalue weighted by atomic mass is 9.93. The third kappa shape index (κ3) is 1.52. The van der Waals surface area contributed by atoms with Crippen molar-refractivity contribution in [2.75, 3.05) is 0 Å². The quantitative estimate of drug-likeness (QED) is 0.732.